The van der Waals surface area contributed by atoms with Gasteiger partial charge in [0.25, 0.3) is 10.0 Å². The number of aromatic amines is 1. The fraction of sp³-hybridized carbons (Fsp3) is 0.786. The average molecular weight is 332 g/mol. The Morgan fingerprint density at radius 1 is 1.24 bits per heavy atom. The molecule has 1 heterocycles. The van der Waals surface area contributed by atoms with E-state index < -0.39 is 10.0 Å². The zero-order valence-electron chi connectivity index (χ0n) is 13.0. The van der Waals surface area contributed by atoms with Crippen molar-refractivity contribution in [2.45, 2.75) is 63.6 Å². The monoisotopic (exact) mass is 332 g/mol. The van der Waals surface area contributed by atoms with Crippen molar-refractivity contribution in [2.75, 3.05) is 0 Å². The first-order valence-electron chi connectivity index (χ1n) is 7.33. The topological polar surface area (TPSA) is 79.0 Å². The lowest BCUT2D eigenvalue weighted by molar-refractivity contribution is 0.144. The SMILES string of the molecule is Cc1[nH]c(=O)sc1S(=O)(=O)NC1CCCCC1C(C)(C)C. The molecule has 2 N–H and O–H groups in total. The van der Waals surface area contributed by atoms with Crippen molar-refractivity contribution in [1.82, 2.24) is 9.71 Å². The van der Waals surface area contributed by atoms with Crippen LogP contribution in [0.25, 0.3) is 0 Å². The summed E-state index contributed by atoms with van der Waals surface area (Å²) in [7, 11) is -3.63. The number of sulfonamides is 1. The van der Waals surface area contributed by atoms with Crippen LogP contribution in [0.5, 0.6) is 0 Å². The number of thiazole rings is 1. The Morgan fingerprint density at radius 2 is 1.86 bits per heavy atom. The van der Waals surface area contributed by atoms with Crippen molar-refractivity contribution in [3.05, 3.63) is 15.4 Å². The van der Waals surface area contributed by atoms with E-state index in [0.29, 0.717) is 11.6 Å². The maximum Gasteiger partial charge on any atom is 0.305 e. The van der Waals surface area contributed by atoms with Gasteiger partial charge in [0.1, 0.15) is 0 Å². The van der Waals surface area contributed by atoms with Gasteiger partial charge in [0.05, 0.1) is 0 Å². The summed E-state index contributed by atoms with van der Waals surface area (Å²) >= 11 is 0.757. The Morgan fingerprint density at radius 3 is 2.38 bits per heavy atom. The van der Waals surface area contributed by atoms with Gasteiger partial charge in [0, 0.05) is 11.7 Å². The van der Waals surface area contributed by atoms with Gasteiger partial charge in [0.2, 0.25) is 0 Å². The molecule has 7 heteroatoms. The molecule has 1 aromatic rings. The molecular weight excluding hydrogens is 308 g/mol. The minimum atomic E-state index is -3.63. The highest BCUT2D eigenvalue weighted by Crippen LogP contribution is 2.38. The van der Waals surface area contributed by atoms with Crippen molar-refractivity contribution in [3.63, 3.8) is 0 Å². The Kier molecular flexibility index (Phi) is 4.66. The van der Waals surface area contributed by atoms with Crippen molar-refractivity contribution in [2.24, 2.45) is 11.3 Å². The number of rotatable bonds is 3. The number of hydrogen-bond donors (Lipinski definition) is 2. The second-order valence-corrected chi connectivity index (χ2v) is 9.80. The largest absolute Gasteiger partial charge is 0.315 e. The number of aryl methyl sites for hydroxylation is 1. The minimum Gasteiger partial charge on any atom is -0.315 e. The fourth-order valence-corrected chi connectivity index (χ4v) is 5.84. The molecule has 1 aromatic heterocycles. The number of H-pyrrole nitrogens is 1. The van der Waals surface area contributed by atoms with E-state index in [1.807, 2.05) is 0 Å². The molecule has 5 nitrogen and oxygen atoms in total. The minimum absolute atomic E-state index is 0.0552. The third-order valence-corrected chi connectivity index (χ3v) is 7.30. The van der Waals surface area contributed by atoms with Crippen LogP contribution in [-0.4, -0.2) is 19.4 Å². The fourth-order valence-electron chi connectivity index (χ4n) is 3.21. The maximum atomic E-state index is 12.5. The van der Waals surface area contributed by atoms with E-state index in [-0.39, 0.29) is 20.5 Å². The van der Waals surface area contributed by atoms with E-state index in [4.69, 9.17) is 0 Å². The van der Waals surface area contributed by atoms with Gasteiger partial charge >= 0.3 is 4.87 Å². The quantitative estimate of drug-likeness (QED) is 0.893. The van der Waals surface area contributed by atoms with Gasteiger partial charge in [-0.05, 0) is 31.1 Å². The molecule has 2 unspecified atom stereocenters. The zero-order valence-corrected chi connectivity index (χ0v) is 14.7. The van der Waals surface area contributed by atoms with Crippen LogP contribution < -0.4 is 9.60 Å². The summed E-state index contributed by atoms with van der Waals surface area (Å²) in [6.07, 6.45) is 4.09. The molecule has 0 spiro atoms. The van der Waals surface area contributed by atoms with Gasteiger partial charge in [-0.1, -0.05) is 44.9 Å². The standard InChI is InChI=1S/C14H24N2O3S2/c1-9-12(20-13(17)15-9)21(18,19)16-11-8-6-5-7-10(11)14(2,3)4/h10-11,16H,5-8H2,1-4H3,(H,15,17). The first-order valence-corrected chi connectivity index (χ1v) is 9.63. The summed E-state index contributed by atoms with van der Waals surface area (Å²) in [5, 5.41) is 0. The Balaban J connectivity index is 2.26. The third-order valence-electron chi connectivity index (χ3n) is 4.21. The van der Waals surface area contributed by atoms with Crippen molar-refractivity contribution >= 4 is 21.4 Å². The molecule has 0 saturated heterocycles. The Labute approximate surface area is 130 Å². The van der Waals surface area contributed by atoms with E-state index >= 15 is 0 Å². The lowest BCUT2D eigenvalue weighted by atomic mass is 9.70. The molecule has 0 aromatic carbocycles. The maximum absolute atomic E-state index is 12.5. The molecule has 1 aliphatic rings. The summed E-state index contributed by atoms with van der Waals surface area (Å²) < 4.78 is 28.1. The number of aromatic nitrogens is 1. The van der Waals surface area contributed by atoms with Crippen LogP contribution in [-0.2, 0) is 10.0 Å². The lowest BCUT2D eigenvalue weighted by Gasteiger charge is -2.40. The summed E-state index contributed by atoms with van der Waals surface area (Å²) in [5.41, 5.74) is 0.481. The zero-order chi connectivity index (χ0) is 15.8. The average Bonchev–Trinajstić information content (AvgIpc) is 2.68. The van der Waals surface area contributed by atoms with Gasteiger partial charge in [0.15, 0.2) is 4.21 Å². The van der Waals surface area contributed by atoms with E-state index in [2.05, 4.69) is 30.5 Å². The predicted molar refractivity (Wildman–Crippen MR) is 85.2 cm³/mol. The molecule has 0 bridgehead atoms. The van der Waals surface area contributed by atoms with Gasteiger partial charge in [-0.3, -0.25) is 4.79 Å². The Hall–Kier alpha value is -0.660. The highest BCUT2D eigenvalue weighted by atomic mass is 32.2. The molecule has 2 rings (SSSR count). The van der Waals surface area contributed by atoms with Crippen LogP contribution in [0.2, 0.25) is 0 Å². The second kappa shape index (κ2) is 5.85. The van der Waals surface area contributed by atoms with Crippen LogP contribution in [0.3, 0.4) is 0 Å². The van der Waals surface area contributed by atoms with Crippen molar-refractivity contribution in [1.29, 1.82) is 0 Å². The second-order valence-electron chi connectivity index (χ2n) is 6.91. The van der Waals surface area contributed by atoms with E-state index in [1.54, 1.807) is 6.92 Å². The van der Waals surface area contributed by atoms with Gasteiger partial charge in [-0.15, -0.1) is 0 Å². The normalized spacial score (nSPS) is 24.2. The first kappa shape index (κ1) is 16.7. The van der Waals surface area contributed by atoms with E-state index in [0.717, 1.165) is 37.0 Å². The summed E-state index contributed by atoms with van der Waals surface area (Å²) in [4.78, 5) is 13.6. The number of hydrogen-bond acceptors (Lipinski definition) is 4. The molecule has 1 saturated carbocycles. The molecule has 120 valence electrons. The third kappa shape index (κ3) is 3.76. The smallest absolute Gasteiger partial charge is 0.305 e. The van der Waals surface area contributed by atoms with Crippen LogP contribution in [0, 0.1) is 18.3 Å². The van der Waals surface area contributed by atoms with E-state index in [1.165, 1.54) is 0 Å². The molecule has 1 fully saturated rings. The highest BCUT2D eigenvalue weighted by Gasteiger charge is 2.37. The van der Waals surface area contributed by atoms with Gasteiger partial charge < -0.3 is 4.98 Å². The molecule has 1 aliphatic carbocycles. The Bertz CT molecular complexity index is 652. The van der Waals surface area contributed by atoms with Crippen molar-refractivity contribution < 1.29 is 8.42 Å². The lowest BCUT2D eigenvalue weighted by Crippen LogP contribution is -2.46. The molecule has 2 atom stereocenters. The van der Waals surface area contributed by atoms with Crippen LogP contribution in [0.1, 0.15) is 52.1 Å². The van der Waals surface area contributed by atoms with Gasteiger partial charge in [-0.25, -0.2) is 13.1 Å². The number of nitrogens with one attached hydrogen (secondary N) is 2. The molecule has 21 heavy (non-hydrogen) atoms. The van der Waals surface area contributed by atoms with Crippen LogP contribution in [0.15, 0.2) is 9.00 Å². The van der Waals surface area contributed by atoms with E-state index in [9.17, 15) is 13.2 Å². The molecular formula is C14H24N2O3S2. The summed E-state index contributed by atoms with van der Waals surface area (Å²) in [5.74, 6) is 0.317. The van der Waals surface area contributed by atoms with Crippen LogP contribution in [0.4, 0.5) is 0 Å². The van der Waals surface area contributed by atoms with Crippen molar-refractivity contribution in [3.8, 4) is 0 Å². The summed E-state index contributed by atoms with van der Waals surface area (Å²) in [6.45, 7) is 8.09. The van der Waals surface area contributed by atoms with Crippen LogP contribution >= 0.6 is 11.3 Å². The van der Waals surface area contributed by atoms with Gasteiger partial charge in [-0.2, -0.15) is 0 Å². The predicted octanol–water partition coefficient (Wildman–Crippen LogP) is 2.63. The summed E-state index contributed by atoms with van der Waals surface area (Å²) in [6, 6.07) is -0.0552. The first-order chi connectivity index (χ1) is 9.61. The highest BCUT2D eigenvalue weighted by molar-refractivity contribution is 7.91. The molecule has 0 radical (unpaired) electrons. The molecule has 0 aliphatic heterocycles. The molecule has 0 amide bonds.